The van der Waals surface area contributed by atoms with Crippen molar-refractivity contribution in [2.24, 2.45) is 5.92 Å². The van der Waals surface area contributed by atoms with Crippen LogP contribution in [0.5, 0.6) is 11.5 Å². The van der Waals surface area contributed by atoms with E-state index in [0.717, 1.165) is 6.54 Å². The second-order valence-corrected chi connectivity index (χ2v) is 4.84. The van der Waals surface area contributed by atoms with Gasteiger partial charge in [0.15, 0.2) is 0 Å². The lowest BCUT2D eigenvalue weighted by molar-refractivity contribution is 0.0703. The van der Waals surface area contributed by atoms with E-state index in [2.05, 4.69) is 0 Å². The molecule has 1 saturated carbocycles. The van der Waals surface area contributed by atoms with Gasteiger partial charge in [-0.05, 0) is 43.9 Å². The van der Waals surface area contributed by atoms with Crippen LogP contribution in [0, 0.1) is 5.92 Å². The molecule has 0 spiro atoms. The van der Waals surface area contributed by atoms with Crippen LogP contribution in [-0.2, 0) is 0 Å². The first-order chi connectivity index (χ1) is 8.61. The lowest BCUT2D eigenvalue weighted by Gasteiger charge is -2.32. The molecule has 4 nitrogen and oxygen atoms in total. The minimum absolute atomic E-state index is 0.00385. The van der Waals surface area contributed by atoms with Crippen molar-refractivity contribution in [3.8, 4) is 11.5 Å². The van der Waals surface area contributed by atoms with E-state index in [4.69, 9.17) is 0 Å². The molecule has 2 rings (SSSR count). The van der Waals surface area contributed by atoms with E-state index in [0.29, 0.717) is 12.5 Å². The SMILES string of the molecule is CCN(CC1CCC1)C(=O)c1cc(O)ccc1O. The van der Waals surface area contributed by atoms with E-state index in [9.17, 15) is 15.0 Å². The first kappa shape index (κ1) is 12.7. The van der Waals surface area contributed by atoms with E-state index in [1.165, 1.54) is 37.5 Å². The Kier molecular flexibility index (Phi) is 3.75. The molecule has 1 amide bonds. The van der Waals surface area contributed by atoms with Gasteiger partial charge >= 0.3 is 0 Å². The van der Waals surface area contributed by atoms with Crippen molar-refractivity contribution in [2.75, 3.05) is 13.1 Å². The van der Waals surface area contributed by atoms with Gasteiger partial charge in [-0.1, -0.05) is 6.42 Å². The third kappa shape index (κ3) is 2.58. The summed E-state index contributed by atoms with van der Waals surface area (Å²) in [4.78, 5) is 14.0. The number of aromatic hydroxyl groups is 2. The molecule has 98 valence electrons. The van der Waals surface area contributed by atoms with Gasteiger partial charge in [-0.3, -0.25) is 4.79 Å². The molecule has 1 aromatic carbocycles. The number of rotatable bonds is 4. The molecule has 0 aliphatic heterocycles. The maximum atomic E-state index is 12.3. The smallest absolute Gasteiger partial charge is 0.257 e. The molecule has 1 fully saturated rings. The zero-order chi connectivity index (χ0) is 13.1. The maximum absolute atomic E-state index is 12.3. The largest absolute Gasteiger partial charge is 0.508 e. The van der Waals surface area contributed by atoms with Crippen molar-refractivity contribution in [1.29, 1.82) is 0 Å². The van der Waals surface area contributed by atoms with Gasteiger partial charge in [0.05, 0.1) is 5.56 Å². The second-order valence-electron chi connectivity index (χ2n) is 4.84. The molecule has 0 unspecified atom stereocenters. The van der Waals surface area contributed by atoms with Crippen molar-refractivity contribution >= 4 is 5.91 Å². The zero-order valence-corrected chi connectivity index (χ0v) is 10.6. The quantitative estimate of drug-likeness (QED) is 0.805. The van der Waals surface area contributed by atoms with E-state index < -0.39 is 0 Å². The normalized spacial score (nSPS) is 15.2. The first-order valence-electron chi connectivity index (χ1n) is 6.43. The van der Waals surface area contributed by atoms with Crippen LogP contribution >= 0.6 is 0 Å². The molecule has 1 aromatic rings. The Morgan fingerprint density at radius 1 is 1.39 bits per heavy atom. The molecule has 0 bridgehead atoms. The summed E-state index contributed by atoms with van der Waals surface area (Å²) < 4.78 is 0. The van der Waals surface area contributed by atoms with Crippen LogP contribution < -0.4 is 0 Å². The number of carbonyl (C=O) groups excluding carboxylic acids is 1. The summed E-state index contributed by atoms with van der Waals surface area (Å²) in [6.45, 7) is 3.28. The molecule has 4 heteroatoms. The molecular formula is C14H19NO3. The van der Waals surface area contributed by atoms with E-state index >= 15 is 0 Å². The average Bonchev–Trinajstić information content (AvgIpc) is 2.30. The summed E-state index contributed by atoms with van der Waals surface area (Å²) in [6, 6.07) is 4.04. The van der Waals surface area contributed by atoms with Gasteiger partial charge in [0.2, 0.25) is 0 Å². The molecule has 2 N–H and O–H groups in total. The van der Waals surface area contributed by atoms with E-state index in [1.54, 1.807) is 4.90 Å². The number of phenols is 2. The highest BCUT2D eigenvalue weighted by molar-refractivity contribution is 5.97. The number of hydrogen-bond donors (Lipinski definition) is 2. The third-order valence-corrected chi connectivity index (χ3v) is 3.58. The van der Waals surface area contributed by atoms with Gasteiger partial charge in [-0.25, -0.2) is 0 Å². The predicted octanol–water partition coefficient (Wildman–Crippen LogP) is 2.36. The minimum Gasteiger partial charge on any atom is -0.508 e. The van der Waals surface area contributed by atoms with Crippen molar-refractivity contribution in [3.05, 3.63) is 23.8 Å². The van der Waals surface area contributed by atoms with Crippen molar-refractivity contribution < 1.29 is 15.0 Å². The standard InChI is InChI=1S/C14H19NO3/c1-2-15(9-10-4-3-5-10)14(18)12-8-11(16)6-7-13(12)17/h6-8,10,16-17H,2-5,9H2,1H3. The predicted molar refractivity (Wildman–Crippen MR) is 68.7 cm³/mol. The average molecular weight is 249 g/mol. The zero-order valence-electron chi connectivity index (χ0n) is 10.6. The van der Waals surface area contributed by atoms with E-state index in [1.807, 2.05) is 6.92 Å². The monoisotopic (exact) mass is 249 g/mol. The number of phenolic OH excluding ortho intramolecular Hbond substituents is 2. The molecule has 0 saturated heterocycles. The maximum Gasteiger partial charge on any atom is 0.257 e. The lowest BCUT2D eigenvalue weighted by Crippen LogP contribution is -2.37. The van der Waals surface area contributed by atoms with Crippen LogP contribution in [0.25, 0.3) is 0 Å². The van der Waals surface area contributed by atoms with Gasteiger partial charge < -0.3 is 15.1 Å². The summed E-state index contributed by atoms with van der Waals surface area (Å²) in [5.41, 5.74) is 0.177. The van der Waals surface area contributed by atoms with Crippen LogP contribution in [0.4, 0.5) is 0 Å². The summed E-state index contributed by atoms with van der Waals surface area (Å²) in [7, 11) is 0. The molecule has 0 aromatic heterocycles. The second kappa shape index (κ2) is 5.29. The highest BCUT2D eigenvalue weighted by Gasteiger charge is 2.24. The number of benzene rings is 1. The fraction of sp³-hybridized carbons (Fsp3) is 0.500. The summed E-state index contributed by atoms with van der Waals surface area (Å²) in [5.74, 6) is 0.298. The highest BCUT2D eigenvalue weighted by atomic mass is 16.3. The molecule has 0 heterocycles. The summed E-state index contributed by atoms with van der Waals surface area (Å²) >= 11 is 0. The highest BCUT2D eigenvalue weighted by Crippen LogP contribution is 2.29. The molecular weight excluding hydrogens is 230 g/mol. The number of hydrogen-bond acceptors (Lipinski definition) is 3. The topological polar surface area (TPSA) is 60.8 Å². The summed E-state index contributed by atoms with van der Waals surface area (Å²) in [6.07, 6.45) is 3.60. The Labute approximate surface area is 107 Å². The summed E-state index contributed by atoms with van der Waals surface area (Å²) in [5, 5.41) is 19.1. The number of amides is 1. The molecule has 18 heavy (non-hydrogen) atoms. The van der Waals surface area contributed by atoms with Gasteiger partial charge in [0.1, 0.15) is 11.5 Å². The minimum atomic E-state index is -0.210. The van der Waals surface area contributed by atoms with Crippen LogP contribution in [0.2, 0.25) is 0 Å². The number of carbonyl (C=O) groups is 1. The van der Waals surface area contributed by atoms with Crippen molar-refractivity contribution in [1.82, 2.24) is 4.90 Å². The Balaban J connectivity index is 2.14. The number of nitrogens with zero attached hydrogens (tertiary/aromatic N) is 1. The van der Waals surface area contributed by atoms with Crippen LogP contribution in [0.15, 0.2) is 18.2 Å². The lowest BCUT2D eigenvalue weighted by atomic mass is 9.85. The van der Waals surface area contributed by atoms with Crippen LogP contribution in [-0.4, -0.2) is 34.1 Å². The molecule has 1 aliphatic carbocycles. The van der Waals surface area contributed by atoms with E-state index in [-0.39, 0.29) is 23.0 Å². The van der Waals surface area contributed by atoms with Gasteiger partial charge in [-0.15, -0.1) is 0 Å². The van der Waals surface area contributed by atoms with Crippen molar-refractivity contribution in [3.63, 3.8) is 0 Å². The molecule has 1 aliphatic rings. The fourth-order valence-corrected chi connectivity index (χ4v) is 2.21. The molecule has 0 atom stereocenters. The Morgan fingerprint density at radius 3 is 2.67 bits per heavy atom. The van der Waals surface area contributed by atoms with Crippen LogP contribution in [0.1, 0.15) is 36.5 Å². The van der Waals surface area contributed by atoms with Gasteiger partial charge in [0.25, 0.3) is 5.91 Å². The van der Waals surface area contributed by atoms with Gasteiger partial charge in [0, 0.05) is 13.1 Å². The third-order valence-electron chi connectivity index (χ3n) is 3.58. The first-order valence-corrected chi connectivity index (χ1v) is 6.43. The molecule has 0 radical (unpaired) electrons. The Bertz CT molecular complexity index is 441. The fourth-order valence-electron chi connectivity index (χ4n) is 2.21. The van der Waals surface area contributed by atoms with Crippen LogP contribution in [0.3, 0.4) is 0 Å². The van der Waals surface area contributed by atoms with Gasteiger partial charge in [-0.2, -0.15) is 0 Å². The Hall–Kier alpha value is -1.71. The Morgan fingerprint density at radius 2 is 2.11 bits per heavy atom. The van der Waals surface area contributed by atoms with Crippen molar-refractivity contribution in [2.45, 2.75) is 26.2 Å².